The van der Waals surface area contributed by atoms with Gasteiger partial charge in [0.2, 0.25) is 0 Å². The van der Waals surface area contributed by atoms with Crippen LogP contribution in [0.3, 0.4) is 0 Å². The smallest absolute Gasteiger partial charge is 0.545 e. The molecule has 6 aromatic rings. The molecule has 0 saturated carbocycles. The van der Waals surface area contributed by atoms with Crippen molar-refractivity contribution >= 4 is 39.0 Å². The molecule has 7 nitrogen and oxygen atoms in total. The minimum atomic E-state index is -1.31. The quantitative estimate of drug-likeness (QED) is 0.144. The molecule has 0 spiro atoms. The van der Waals surface area contributed by atoms with Crippen molar-refractivity contribution in [3.05, 3.63) is 143 Å². The number of carboxylic acids is 1. The second-order valence-electron chi connectivity index (χ2n) is 10.00. The maximum absolute atomic E-state index is 12.3. The first-order chi connectivity index (χ1) is 22.1. The Labute approximate surface area is 293 Å². The fourth-order valence-electron chi connectivity index (χ4n) is 4.68. The molecule has 0 fully saturated rings. The third-order valence-electron chi connectivity index (χ3n) is 6.97. The van der Waals surface area contributed by atoms with E-state index < -0.39 is 5.97 Å². The van der Waals surface area contributed by atoms with Gasteiger partial charge in [0.25, 0.3) is 0 Å². The fraction of sp³-hybridized carbons (Fsp3) is 0.0811. The van der Waals surface area contributed by atoms with E-state index in [4.69, 9.17) is 18.9 Å². The van der Waals surface area contributed by atoms with E-state index >= 15 is 0 Å². The second kappa shape index (κ2) is 15.6. The number of fused-ring (bicyclic) bond motifs is 1. The van der Waals surface area contributed by atoms with Crippen molar-refractivity contribution in [3.63, 3.8) is 0 Å². The summed E-state index contributed by atoms with van der Waals surface area (Å²) in [4.78, 5) is 16.9. The molecule has 0 amide bonds. The zero-order valence-corrected chi connectivity index (χ0v) is 28.2. The third kappa shape index (κ3) is 7.97. The number of hydrogen-bond donors (Lipinski definition) is 0. The van der Waals surface area contributed by atoms with Gasteiger partial charge in [-0.3, -0.25) is 4.98 Å². The molecule has 0 radical (unpaired) electrons. The molecular weight excluding hydrogens is 609 g/mol. The maximum atomic E-state index is 12.3. The molecule has 0 unspecified atom stereocenters. The average molecular weight is 638 g/mol. The Morgan fingerprint density at radius 1 is 0.783 bits per heavy atom. The molecule has 224 valence electrons. The summed E-state index contributed by atoms with van der Waals surface area (Å²) < 4.78 is 25.2. The fourth-order valence-corrected chi connectivity index (χ4v) is 5.77. The van der Waals surface area contributed by atoms with Gasteiger partial charge in [0.05, 0.1) is 18.0 Å². The van der Waals surface area contributed by atoms with Crippen LogP contribution in [-0.2, 0) is 18.0 Å². The van der Waals surface area contributed by atoms with Crippen molar-refractivity contribution < 1.29 is 58.4 Å². The summed E-state index contributed by atoms with van der Waals surface area (Å²) >= 11 is 1.38. The Bertz CT molecular complexity index is 1930. The largest absolute Gasteiger partial charge is 1.00 e. The second-order valence-corrected chi connectivity index (χ2v) is 11.1. The van der Waals surface area contributed by atoms with E-state index in [0.29, 0.717) is 52.4 Å². The monoisotopic (exact) mass is 637 g/mol. The first-order valence-corrected chi connectivity index (χ1v) is 15.0. The number of aromatic nitrogens is 1. The molecule has 6 rings (SSSR count). The zero-order valence-electron chi connectivity index (χ0n) is 25.3. The minimum absolute atomic E-state index is 0. The topological polar surface area (TPSA) is 89.9 Å². The van der Waals surface area contributed by atoms with Gasteiger partial charge < -0.3 is 28.8 Å². The standard InChI is InChI=1S/C37H29NO6S.Na/c1-41-28-12-14-29(15-13-28)44-36-31-20-32(42-23-25-8-4-2-5-9-25)33(43-24-26-10-6-3-7-11-26)22-34(31)45-35(36)21-30(37(39)40)27-16-18-38-19-17-27;/h2-22H,23-24H2,1H3,(H,39,40);/q;+1/p-1/b30-21+;. The number of benzene rings is 4. The molecule has 0 aliphatic rings. The van der Waals surface area contributed by atoms with Crippen molar-refractivity contribution in [2.24, 2.45) is 0 Å². The van der Waals surface area contributed by atoms with E-state index in [2.05, 4.69) is 4.98 Å². The van der Waals surface area contributed by atoms with Crippen LogP contribution in [0.5, 0.6) is 28.7 Å². The van der Waals surface area contributed by atoms with E-state index in [1.54, 1.807) is 62.0 Å². The number of pyridine rings is 1. The van der Waals surface area contributed by atoms with Crippen LogP contribution in [0.1, 0.15) is 21.6 Å². The first-order valence-electron chi connectivity index (χ1n) is 14.2. The van der Waals surface area contributed by atoms with Crippen LogP contribution in [0.4, 0.5) is 0 Å². The number of carbonyl (C=O) groups is 1. The van der Waals surface area contributed by atoms with Gasteiger partial charge in [-0.05, 0) is 65.2 Å². The van der Waals surface area contributed by atoms with Crippen LogP contribution in [0.2, 0.25) is 0 Å². The summed E-state index contributed by atoms with van der Waals surface area (Å²) in [5.74, 6) is 1.50. The van der Waals surface area contributed by atoms with Crippen molar-refractivity contribution in [3.8, 4) is 28.7 Å². The number of carboxylic acid groups (broad SMARTS) is 1. The van der Waals surface area contributed by atoms with Gasteiger partial charge in [-0.1, -0.05) is 60.7 Å². The molecule has 0 N–H and O–H groups in total. The van der Waals surface area contributed by atoms with Gasteiger partial charge in [-0.25, -0.2) is 0 Å². The summed E-state index contributed by atoms with van der Waals surface area (Å²) in [5, 5.41) is 13.1. The van der Waals surface area contributed by atoms with Gasteiger partial charge in [0.1, 0.15) is 24.7 Å². The molecular formula is C37H28NNaO6S. The number of carbonyl (C=O) groups excluding carboxylic acids is 1. The average Bonchev–Trinajstić information content (AvgIpc) is 3.41. The number of rotatable bonds is 12. The van der Waals surface area contributed by atoms with Gasteiger partial charge in [-0.15, -0.1) is 11.3 Å². The number of ether oxygens (including phenoxy) is 4. The van der Waals surface area contributed by atoms with Gasteiger partial charge in [0, 0.05) is 34.1 Å². The van der Waals surface area contributed by atoms with Gasteiger partial charge >= 0.3 is 29.6 Å². The maximum Gasteiger partial charge on any atom is 1.00 e. The van der Waals surface area contributed by atoms with Crippen LogP contribution in [-0.4, -0.2) is 18.1 Å². The third-order valence-corrected chi connectivity index (χ3v) is 8.06. The number of nitrogens with zero attached hydrogens (tertiary/aromatic N) is 1. The Morgan fingerprint density at radius 2 is 1.35 bits per heavy atom. The summed E-state index contributed by atoms with van der Waals surface area (Å²) in [7, 11) is 1.60. The summed E-state index contributed by atoms with van der Waals surface area (Å²) in [5.41, 5.74) is 2.49. The molecule has 0 bridgehead atoms. The van der Waals surface area contributed by atoms with E-state index in [9.17, 15) is 9.90 Å². The molecule has 9 heteroatoms. The Kier molecular flexibility index (Phi) is 11.1. The zero-order chi connectivity index (χ0) is 31.0. The van der Waals surface area contributed by atoms with Crippen LogP contribution < -0.4 is 53.6 Å². The van der Waals surface area contributed by atoms with Gasteiger partial charge in [0.15, 0.2) is 17.2 Å². The molecule has 46 heavy (non-hydrogen) atoms. The SMILES string of the molecule is COc1ccc(Oc2c(/C=C(/C(=O)[O-])c3ccncc3)sc3cc(OCc4ccccc4)c(OCc4ccccc4)cc23)cc1.[Na+]. The predicted molar refractivity (Wildman–Crippen MR) is 174 cm³/mol. The van der Waals surface area contributed by atoms with E-state index in [1.165, 1.54) is 11.3 Å². The molecule has 2 heterocycles. The summed E-state index contributed by atoms with van der Waals surface area (Å²) in [6.45, 7) is 0.675. The Balaban J connectivity index is 0.00000417. The van der Waals surface area contributed by atoms with Crippen molar-refractivity contribution in [2.45, 2.75) is 13.2 Å². The number of hydrogen-bond acceptors (Lipinski definition) is 8. The summed E-state index contributed by atoms with van der Waals surface area (Å²) in [6.07, 6.45) is 4.65. The Morgan fingerprint density at radius 3 is 1.91 bits per heavy atom. The molecule has 2 aromatic heterocycles. The molecule has 0 aliphatic heterocycles. The van der Waals surface area contributed by atoms with E-state index in [-0.39, 0.29) is 35.1 Å². The van der Waals surface area contributed by atoms with Crippen molar-refractivity contribution in [1.29, 1.82) is 0 Å². The molecule has 0 aliphatic carbocycles. The van der Waals surface area contributed by atoms with E-state index in [0.717, 1.165) is 21.2 Å². The molecule has 4 aromatic carbocycles. The normalized spacial score (nSPS) is 11.0. The van der Waals surface area contributed by atoms with E-state index in [1.807, 2.05) is 72.8 Å². The van der Waals surface area contributed by atoms with Crippen LogP contribution >= 0.6 is 11.3 Å². The van der Waals surface area contributed by atoms with Crippen LogP contribution in [0.25, 0.3) is 21.7 Å². The number of aliphatic carboxylic acids is 1. The van der Waals surface area contributed by atoms with Crippen LogP contribution in [0.15, 0.2) is 122 Å². The Hall–Kier alpha value is -4.60. The minimum Gasteiger partial charge on any atom is -0.545 e. The number of thiophene rings is 1. The molecule has 0 saturated heterocycles. The number of methoxy groups -OCH3 is 1. The van der Waals surface area contributed by atoms with Crippen LogP contribution in [0, 0.1) is 0 Å². The van der Waals surface area contributed by atoms with Gasteiger partial charge in [-0.2, -0.15) is 0 Å². The first kappa shape index (κ1) is 32.8. The summed E-state index contributed by atoms with van der Waals surface area (Å²) in [6, 6.07) is 34.0. The molecule has 0 atom stereocenters. The van der Waals surface area contributed by atoms with Crippen molar-refractivity contribution in [1.82, 2.24) is 4.98 Å². The predicted octanol–water partition coefficient (Wildman–Crippen LogP) is 4.55. The van der Waals surface area contributed by atoms with Crippen molar-refractivity contribution in [2.75, 3.05) is 7.11 Å².